The molecule has 0 unspecified atom stereocenters. The fourth-order valence-electron chi connectivity index (χ4n) is 3.44. The minimum atomic E-state index is -0.311. The largest absolute Gasteiger partial charge is 0.378 e. The van der Waals surface area contributed by atoms with Gasteiger partial charge in [0.1, 0.15) is 6.54 Å². The molecule has 1 N–H and O–H groups in total. The molecule has 7 nitrogen and oxygen atoms in total. The van der Waals surface area contributed by atoms with Crippen molar-refractivity contribution in [3.05, 3.63) is 54.1 Å². The van der Waals surface area contributed by atoms with Gasteiger partial charge >= 0.3 is 0 Å². The summed E-state index contributed by atoms with van der Waals surface area (Å²) in [6.07, 6.45) is 0.198. The van der Waals surface area contributed by atoms with Crippen LogP contribution in [0.4, 0.5) is 17.1 Å². The second kappa shape index (κ2) is 8.34. The molecule has 2 aromatic carbocycles. The maximum Gasteiger partial charge on any atom is 0.254 e. The molecule has 0 saturated carbocycles. The Morgan fingerprint density at radius 1 is 1.07 bits per heavy atom. The molecule has 0 spiro atoms. The first-order valence-corrected chi connectivity index (χ1v) is 9.51. The third-order valence-electron chi connectivity index (χ3n) is 4.98. The van der Waals surface area contributed by atoms with Gasteiger partial charge in [0, 0.05) is 44.9 Å². The van der Waals surface area contributed by atoms with Gasteiger partial charge in [0.05, 0.1) is 11.4 Å². The van der Waals surface area contributed by atoms with Gasteiger partial charge in [-0.15, -0.1) is 0 Å². The molecule has 1 atom stereocenters. The fourth-order valence-corrected chi connectivity index (χ4v) is 3.44. The smallest absolute Gasteiger partial charge is 0.254 e. The average Bonchev–Trinajstić information content (AvgIpc) is 2.81. The van der Waals surface area contributed by atoms with Crippen LogP contribution in [0.1, 0.15) is 23.7 Å². The van der Waals surface area contributed by atoms with E-state index < -0.39 is 0 Å². The number of hydrogen-bond acceptors (Lipinski definition) is 4. The normalized spacial score (nSPS) is 15.8. The number of nitrogens with zero attached hydrogens (tertiary/aromatic N) is 3. The lowest BCUT2D eigenvalue weighted by molar-refractivity contribution is -0.119. The molecule has 3 amide bonds. The number of anilines is 3. The predicted molar refractivity (Wildman–Crippen MR) is 114 cm³/mol. The lowest BCUT2D eigenvalue weighted by Crippen LogP contribution is -2.45. The summed E-state index contributed by atoms with van der Waals surface area (Å²) in [4.78, 5) is 42.9. The van der Waals surface area contributed by atoms with Crippen LogP contribution in [0.5, 0.6) is 0 Å². The van der Waals surface area contributed by atoms with Crippen molar-refractivity contribution in [1.82, 2.24) is 4.90 Å². The standard InChI is InChI=1S/C22H26N4O3/c1-15-13-20(27)23-18-7-5-6-8-19(18)26(15)21(28)14-25(4)22(29)16-9-11-17(12-10-16)24(2)3/h5-12,15H,13-14H2,1-4H3,(H,23,27)/t15-/m1/s1. The molecule has 1 aliphatic rings. The Balaban J connectivity index is 1.78. The van der Waals surface area contributed by atoms with Crippen molar-refractivity contribution in [2.24, 2.45) is 0 Å². The van der Waals surface area contributed by atoms with E-state index in [-0.39, 0.29) is 36.7 Å². The summed E-state index contributed by atoms with van der Waals surface area (Å²) < 4.78 is 0. The number of likely N-dealkylation sites (N-methyl/N-ethyl adjacent to an activating group) is 1. The van der Waals surface area contributed by atoms with Gasteiger partial charge in [-0.1, -0.05) is 12.1 Å². The van der Waals surface area contributed by atoms with Crippen molar-refractivity contribution in [2.75, 3.05) is 42.8 Å². The molecule has 0 fully saturated rings. The van der Waals surface area contributed by atoms with E-state index in [0.29, 0.717) is 16.9 Å². The molecular weight excluding hydrogens is 368 g/mol. The lowest BCUT2D eigenvalue weighted by Gasteiger charge is -2.29. The van der Waals surface area contributed by atoms with Crippen molar-refractivity contribution in [3.63, 3.8) is 0 Å². The zero-order valence-corrected chi connectivity index (χ0v) is 17.2. The number of rotatable bonds is 4. The minimum Gasteiger partial charge on any atom is -0.378 e. The molecule has 152 valence electrons. The summed E-state index contributed by atoms with van der Waals surface area (Å²) in [6.45, 7) is 1.75. The number of carbonyl (C=O) groups is 3. The Morgan fingerprint density at radius 3 is 2.38 bits per heavy atom. The number of para-hydroxylation sites is 2. The van der Waals surface area contributed by atoms with E-state index in [1.807, 2.05) is 50.2 Å². The molecule has 7 heteroatoms. The van der Waals surface area contributed by atoms with Crippen molar-refractivity contribution in [3.8, 4) is 0 Å². The van der Waals surface area contributed by atoms with Crippen molar-refractivity contribution < 1.29 is 14.4 Å². The van der Waals surface area contributed by atoms with Gasteiger partial charge in [0.2, 0.25) is 11.8 Å². The molecule has 2 aromatic rings. The lowest BCUT2D eigenvalue weighted by atomic mass is 10.1. The highest BCUT2D eigenvalue weighted by Crippen LogP contribution is 2.31. The monoisotopic (exact) mass is 394 g/mol. The zero-order valence-electron chi connectivity index (χ0n) is 17.2. The molecule has 0 bridgehead atoms. The summed E-state index contributed by atoms with van der Waals surface area (Å²) in [6, 6.07) is 14.1. The van der Waals surface area contributed by atoms with Gasteiger partial charge in [-0.25, -0.2) is 0 Å². The second-order valence-electron chi connectivity index (χ2n) is 7.48. The Kier molecular flexibility index (Phi) is 5.87. The van der Waals surface area contributed by atoms with Crippen LogP contribution in [0.25, 0.3) is 0 Å². The van der Waals surface area contributed by atoms with E-state index in [4.69, 9.17) is 0 Å². The quantitative estimate of drug-likeness (QED) is 0.865. The highest BCUT2D eigenvalue weighted by atomic mass is 16.2. The Morgan fingerprint density at radius 2 is 1.72 bits per heavy atom. The molecule has 0 aromatic heterocycles. The van der Waals surface area contributed by atoms with Crippen LogP contribution >= 0.6 is 0 Å². The SMILES string of the molecule is C[C@@H]1CC(=O)Nc2ccccc2N1C(=O)CN(C)C(=O)c1ccc(N(C)C)cc1. The maximum atomic E-state index is 13.1. The maximum absolute atomic E-state index is 13.1. The zero-order chi connectivity index (χ0) is 21.1. The van der Waals surface area contributed by atoms with Gasteiger partial charge < -0.3 is 20.0 Å². The second-order valence-corrected chi connectivity index (χ2v) is 7.48. The first kappa shape index (κ1) is 20.4. The molecule has 0 aliphatic carbocycles. The van der Waals surface area contributed by atoms with Crippen LogP contribution in [0.15, 0.2) is 48.5 Å². The minimum absolute atomic E-state index is 0.0822. The Bertz CT molecular complexity index is 924. The summed E-state index contributed by atoms with van der Waals surface area (Å²) in [5.41, 5.74) is 2.76. The van der Waals surface area contributed by atoms with Gasteiger partial charge in [-0.05, 0) is 43.3 Å². The van der Waals surface area contributed by atoms with Crippen molar-refractivity contribution in [1.29, 1.82) is 0 Å². The van der Waals surface area contributed by atoms with Crippen LogP contribution in [0.3, 0.4) is 0 Å². The first-order valence-electron chi connectivity index (χ1n) is 9.51. The highest BCUT2D eigenvalue weighted by Gasteiger charge is 2.30. The molecule has 0 radical (unpaired) electrons. The van der Waals surface area contributed by atoms with Crippen molar-refractivity contribution >= 4 is 34.8 Å². The first-order chi connectivity index (χ1) is 13.8. The molecule has 3 rings (SSSR count). The van der Waals surface area contributed by atoms with Crippen LogP contribution in [-0.4, -0.2) is 56.4 Å². The van der Waals surface area contributed by atoms with Crippen LogP contribution in [0.2, 0.25) is 0 Å². The number of carbonyl (C=O) groups excluding carboxylic acids is 3. The summed E-state index contributed by atoms with van der Waals surface area (Å²) in [7, 11) is 5.47. The molecule has 0 saturated heterocycles. The highest BCUT2D eigenvalue weighted by molar-refractivity contribution is 6.06. The fraction of sp³-hybridized carbons (Fsp3) is 0.318. The number of amides is 3. The summed E-state index contributed by atoms with van der Waals surface area (Å²) in [5, 5.41) is 2.84. The molecule has 1 heterocycles. The van der Waals surface area contributed by atoms with Gasteiger partial charge in [-0.3, -0.25) is 14.4 Å². The van der Waals surface area contributed by atoms with Gasteiger partial charge in [-0.2, -0.15) is 0 Å². The third-order valence-corrected chi connectivity index (χ3v) is 4.98. The summed E-state index contributed by atoms with van der Waals surface area (Å²) in [5.74, 6) is -0.596. The van der Waals surface area contributed by atoms with E-state index in [1.54, 1.807) is 36.2 Å². The topological polar surface area (TPSA) is 73.0 Å². The number of fused-ring (bicyclic) bond motifs is 1. The number of nitrogens with one attached hydrogen (secondary N) is 1. The van der Waals surface area contributed by atoms with E-state index in [0.717, 1.165) is 5.69 Å². The average molecular weight is 394 g/mol. The molecule has 1 aliphatic heterocycles. The van der Waals surface area contributed by atoms with Gasteiger partial charge in [0.25, 0.3) is 5.91 Å². The molecular formula is C22H26N4O3. The number of hydrogen-bond donors (Lipinski definition) is 1. The van der Waals surface area contributed by atoms with E-state index in [1.165, 1.54) is 4.90 Å². The third kappa shape index (κ3) is 4.39. The Labute approximate surface area is 170 Å². The number of benzene rings is 2. The van der Waals surface area contributed by atoms with Crippen LogP contribution in [-0.2, 0) is 9.59 Å². The van der Waals surface area contributed by atoms with Crippen LogP contribution < -0.4 is 15.1 Å². The van der Waals surface area contributed by atoms with Crippen molar-refractivity contribution in [2.45, 2.75) is 19.4 Å². The summed E-state index contributed by atoms with van der Waals surface area (Å²) >= 11 is 0. The van der Waals surface area contributed by atoms with Crippen LogP contribution in [0, 0.1) is 0 Å². The van der Waals surface area contributed by atoms with E-state index in [2.05, 4.69) is 5.32 Å². The van der Waals surface area contributed by atoms with E-state index in [9.17, 15) is 14.4 Å². The molecule has 29 heavy (non-hydrogen) atoms. The van der Waals surface area contributed by atoms with E-state index >= 15 is 0 Å². The Hall–Kier alpha value is -3.35. The van der Waals surface area contributed by atoms with Gasteiger partial charge in [0.15, 0.2) is 0 Å². The predicted octanol–water partition coefficient (Wildman–Crippen LogP) is 2.59.